The Bertz CT molecular complexity index is 470. The summed E-state index contributed by atoms with van der Waals surface area (Å²) in [5.41, 5.74) is 6.20. The molecule has 2 amide bonds. The molecule has 0 aromatic heterocycles. The highest BCUT2D eigenvalue weighted by atomic mass is 16.2. The van der Waals surface area contributed by atoms with Gasteiger partial charge >= 0.3 is 0 Å². The highest BCUT2D eigenvalue weighted by molar-refractivity contribution is 5.92. The van der Waals surface area contributed by atoms with E-state index in [0.717, 1.165) is 5.56 Å². The van der Waals surface area contributed by atoms with Gasteiger partial charge < -0.3 is 16.4 Å². The van der Waals surface area contributed by atoms with E-state index < -0.39 is 11.3 Å². The Hall–Kier alpha value is -1.88. The average molecular weight is 263 g/mol. The molecule has 1 rings (SSSR count). The van der Waals surface area contributed by atoms with Crippen LogP contribution in [-0.2, 0) is 11.3 Å². The zero-order valence-corrected chi connectivity index (χ0v) is 11.6. The fourth-order valence-corrected chi connectivity index (χ4v) is 1.77. The molecule has 0 heterocycles. The van der Waals surface area contributed by atoms with Crippen LogP contribution < -0.4 is 16.4 Å². The number of amides is 2. The molecule has 0 spiro atoms. The van der Waals surface area contributed by atoms with Gasteiger partial charge in [-0.1, -0.05) is 12.1 Å². The van der Waals surface area contributed by atoms with E-state index >= 15 is 0 Å². The van der Waals surface area contributed by atoms with Crippen molar-refractivity contribution >= 4 is 11.8 Å². The fraction of sp³-hybridized carbons (Fsp3) is 0.429. The summed E-state index contributed by atoms with van der Waals surface area (Å²) >= 11 is 0. The summed E-state index contributed by atoms with van der Waals surface area (Å²) in [4.78, 5) is 22.7. The maximum absolute atomic E-state index is 11.6. The molecule has 0 aliphatic heterocycles. The molecular weight excluding hydrogens is 242 g/mol. The van der Waals surface area contributed by atoms with Crippen molar-refractivity contribution in [1.29, 1.82) is 0 Å². The lowest BCUT2D eigenvalue weighted by molar-refractivity contribution is -0.128. The summed E-state index contributed by atoms with van der Waals surface area (Å²) in [6.07, 6.45) is 0. The van der Waals surface area contributed by atoms with E-state index in [1.807, 2.05) is 19.9 Å². The monoisotopic (exact) mass is 263 g/mol. The number of hydrogen-bond donors (Lipinski definition) is 3. The Kier molecular flexibility index (Phi) is 5.06. The molecule has 0 saturated carbocycles. The first-order valence-corrected chi connectivity index (χ1v) is 6.18. The number of rotatable bonds is 6. The number of hydrogen-bond acceptors (Lipinski definition) is 3. The van der Waals surface area contributed by atoms with Gasteiger partial charge in [0.1, 0.15) is 0 Å². The molecule has 104 valence electrons. The fourth-order valence-electron chi connectivity index (χ4n) is 1.77. The van der Waals surface area contributed by atoms with Crippen LogP contribution in [0.3, 0.4) is 0 Å². The second-order valence-electron chi connectivity index (χ2n) is 5.13. The van der Waals surface area contributed by atoms with Crippen molar-refractivity contribution in [2.75, 3.05) is 13.6 Å². The van der Waals surface area contributed by atoms with E-state index in [1.165, 1.54) is 0 Å². The molecular formula is C14H21N3O2. The van der Waals surface area contributed by atoms with E-state index in [4.69, 9.17) is 5.73 Å². The third kappa shape index (κ3) is 4.37. The minimum atomic E-state index is -0.476. The predicted octanol–water partition coefficient (Wildman–Crippen LogP) is 0.647. The van der Waals surface area contributed by atoms with Gasteiger partial charge in [0.15, 0.2) is 0 Å². The summed E-state index contributed by atoms with van der Waals surface area (Å²) in [6, 6.07) is 7.13. The van der Waals surface area contributed by atoms with Gasteiger partial charge in [-0.15, -0.1) is 0 Å². The number of carbonyl (C=O) groups is 2. The van der Waals surface area contributed by atoms with Crippen molar-refractivity contribution in [3.05, 3.63) is 35.4 Å². The summed E-state index contributed by atoms with van der Waals surface area (Å²) in [5, 5.41) is 5.85. The van der Waals surface area contributed by atoms with Gasteiger partial charge in [-0.25, -0.2) is 0 Å². The lowest BCUT2D eigenvalue weighted by Crippen LogP contribution is -2.41. The van der Waals surface area contributed by atoms with Gasteiger partial charge in [-0.3, -0.25) is 9.59 Å². The maximum Gasteiger partial charge on any atom is 0.248 e. The molecule has 0 saturated heterocycles. The highest BCUT2D eigenvalue weighted by Gasteiger charge is 2.25. The third-order valence-corrected chi connectivity index (χ3v) is 2.95. The first kappa shape index (κ1) is 15.2. The molecule has 19 heavy (non-hydrogen) atoms. The van der Waals surface area contributed by atoms with E-state index in [-0.39, 0.29) is 5.91 Å². The molecule has 1 aromatic carbocycles. The highest BCUT2D eigenvalue weighted by Crippen LogP contribution is 2.13. The van der Waals surface area contributed by atoms with E-state index in [1.54, 1.807) is 25.2 Å². The number of primary amides is 1. The first-order valence-electron chi connectivity index (χ1n) is 6.18. The molecule has 0 aliphatic rings. The van der Waals surface area contributed by atoms with Crippen molar-refractivity contribution < 1.29 is 9.59 Å². The number of benzene rings is 1. The third-order valence-electron chi connectivity index (χ3n) is 2.95. The Balaban J connectivity index is 2.56. The second kappa shape index (κ2) is 6.33. The number of nitrogens with two attached hydrogens (primary N) is 1. The van der Waals surface area contributed by atoms with E-state index in [2.05, 4.69) is 10.6 Å². The second-order valence-corrected chi connectivity index (χ2v) is 5.13. The van der Waals surface area contributed by atoms with Gasteiger partial charge in [0, 0.05) is 25.7 Å². The Morgan fingerprint density at radius 1 is 1.32 bits per heavy atom. The normalized spacial score (nSPS) is 11.1. The van der Waals surface area contributed by atoms with Crippen molar-refractivity contribution in [1.82, 2.24) is 10.6 Å². The Morgan fingerprint density at radius 3 is 2.58 bits per heavy atom. The average Bonchev–Trinajstić information content (AvgIpc) is 2.37. The van der Waals surface area contributed by atoms with Gasteiger partial charge in [0.05, 0.1) is 5.41 Å². The lowest BCUT2D eigenvalue weighted by atomic mass is 9.92. The van der Waals surface area contributed by atoms with Crippen LogP contribution in [0.25, 0.3) is 0 Å². The minimum Gasteiger partial charge on any atom is -0.366 e. The zero-order chi connectivity index (χ0) is 14.5. The molecule has 1 aromatic rings. The number of carbonyl (C=O) groups excluding carboxylic acids is 2. The summed E-state index contributed by atoms with van der Waals surface area (Å²) in [6.45, 7) is 4.88. The predicted molar refractivity (Wildman–Crippen MR) is 74.5 cm³/mol. The van der Waals surface area contributed by atoms with Crippen LogP contribution in [0, 0.1) is 5.41 Å². The van der Waals surface area contributed by atoms with Crippen molar-refractivity contribution in [2.45, 2.75) is 20.4 Å². The molecule has 0 unspecified atom stereocenters. The van der Waals surface area contributed by atoms with Crippen molar-refractivity contribution in [2.24, 2.45) is 11.1 Å². The standard InChI is InChI=1S/C14H21N3O2/c1-14(2,13(19)16-3)9-17-8-10-5-4-6-11(7-10)12(15)18/h4-7,17H,8-9H2,1-3H3,(H2,15,18)(H,16,19). The van der Waals surface area contributed by atoms with Crippen LogP contribution in [0.4, 0.5) is 0 Å². The molecule has 4 N–H and O–H groups in total. The summed E-state index contributed by atoms with van der Waals surface area (Å²) in [7, 11) is 1.63. The molecule has 0 aliphatic carbocycles. The lowest BCUT2D eigenvalue weighted by Gasteiger charge is -2.23. The van der Waals surface area contributed by atoms with Crippen LogP contribution in [0.1, 0.15) is 29.8 Å². The number of nitrogens with one attached hydrogen (secondary N) is 2. The Labute approximate surface area is 113 Å². The largest absolute Gasteiger partial charge is 0.366 e. The van der Waals surface area contributed by atoms with Crippen molar-refractivity contribution in [3.63, 3.8) is 0 Å². The smallest absolute Gasteiger partial charge is 0.248 e. The zero-order valence-electron chi connectivity index (χ0n) is 11.6. The van der Waals surface area contributed by atoms with E-state index in [9.17, 15) is 9.59 Å². The summed E-state index contributed by atoms with van der Waals surface area (Å²) < 4.78 is 0. The van der Waals surface area contributed by atoms with Crippen molar-refractivity contribution in [3.8, 4) is 0 Å². The van der Waals surface area contributed by atoms with Crippen LogP contribution in [0.15, 0.2) is 24.3 Å². The van der Waals surface area contributed by atoms with Gasteiger partial charge in [0.2, 0.25) is 11.8 Å². The molecule has 5 nitrogen and oxygen atoms in total. The SMILES string of the molecule is CNC(=O)C(C)(C)CNCc1cccc(C(N)=O)c1. The van der Waals surface area contributed by atoms with Crippen LogP contribution in [-0.4, -0.2) is 25.4 Å². The molecule has 0 radical (unpaired) electrons. The minimum absolute atomic E-state index is 0.00844. The van der Waals surface area contributed by atoms with Gasteiger partial charge in [-0.05, 0) is 31.5 Å². The Morgan fingerprint density at radius 2 is 2.00 bits per heavy atom. The first-order chi connectivity index (χ1) is 8.86. The molecule has 0 atom stereocenters. The van der Waals surface area contributed by atoms with Gasteiger partial charge in [0.25, 0.3) is 0 Å². The molecule has 0 bridgehead atoms. The van der Waals surface area contributed by atoms with Gasteiger partial charge in [-0.2, -0.15) is 0 Å². The quantitative estimate of drug-likeness (QED) is 0.704. The summed E-state index contributed by atoms with van der Waals surface area (Å²) in [5.74, 6) is -0.446. The van der Waals surface area contributed by atoms with Crippen LogP contribution >= 0.6 is 0 Å². The molecule has 5 heteroatoms. The van der Waals surface area contributed by atoms with E-state index in [0.29, 0.717) is 18.7 Å². The topological polar surface area (TPSA) is 84.2 Å². The molecule has 0 fully saturated rings. The van der Waals surface area contributed by atoms with Crippen LogP contribution in [0.2, 0.25) is 0 Å². The van der Waals surface area contributed by atoms with Crippen LogP contribution in [0.5, 0.6) is 0 Å². The maximum atomic E-state index is 11.6.